The van der Waals surface area contributed by atoms with Crippen molar-refractivity contribution >= 4 is 11.6 Å². The SMILES string of the molecule is O=C(Nc1ccc(Cn2cncn2)cc1)C1CC2CC2C1. The minimum atomic E-state index is 0.186. The Hall–Kier alpha value is -2.17. The van der Waals surface area contributed by atoms with E-state index in [0.29, 0.717) is 6.54 Å². The summed E-state index contributed by atoms with van der Waals surface area (Å²) in [5.74, 6) is 2.09. The Morgan fingerprint density at radius 2 is 1.95 bits per heavy atom. The Kier molecular flexibility index (Phi) is 2.98. The molecule has 2 aliphatic rings. The number of aromatic nitrogens is 3. The highest BCUT2D eigenvalue weighted by Crippen LogP contribution is 2.54. The van der Waals surface area contributed by atoms with Gasteiger partial charge in [-0.1, -0.05) is 12.1 Å². The first-order chi connectivity index (χ1) is 10.3. The van der Waals surface area contributed by atoms with E-state index in [1.807, 2.05) is 24.3 Å². The third kappa shape index (κ3) is 2.68. The van der Waals surface area contributed by atoms with Crippen LogP contribution in [0, 0.1) is 17.8 Å². The topological polar surface area (TPSA) is 59.8 Å². The van der Waals surface area contributed by atoms with Gasteiger partial charge in [0.05, 0.1) is 6.54 Å². The quantitative estimate of drug-likeness (QED) is 0.936. The van der Waals surface area contributed by atoms with Crippen LogP contribution in [0.15, 0.2) is 36.9 Å². The monoisotopic (exact) mass is 282 g/mol. The number of carbonyl (C=O) groups is 1. The summed E-state index contributed by atoms with van der Waals surface area (Å²) in [4.78, 5) is 16.1. The molecule has 2 atom stereocenters. The Bertz CT molecular complexity index is 625. The smallest absolute Gasteiger partial charge is 0.227 e. The molecule has 0 spiro atoms. The highest BCUT2D eigenvalue weighted by molar-refractivity contribution is 5.92. The van der Waals surface area contributed by atoms with Crippen molar-refractivity contribution in [2.45, 2.75) is 25.8 Å². The molecule has 2 aliphatic carbocycles. The van der Waals surface area contributed by atoms with Gasteiger partial charge < -0.3 is 5.32 Å². The van der Waals surface area contributed by atoms with Crippen LogP contribution in [0.5, 0.6) is 0 Å². The number of hydrogen-bond donors (Lipinski definition) is 1. The summed E-state index contributed by atoms with van der Waals surface area (Å²) in [5, 5.41) is 7.12. The van der Waals surface area contributed by atoms with Gasteiger partial charge in [-0.3, -0.25) is 4.79 Å². The van der Waals surface area contributed by atoms with Crippen LogP contribution >= 0.6 is 0 Å². The van der Waals surface area contributed by atoms with E-state index in [1.54, 1.807) is 11.0 Å². The minimum absolute atomic E-state index is 0.186. The number of anilines is 1. The molecule has 0 bridgehead atoms. The molecule has 1 aromatic heterocycles. The molecular formula is C16H18N4O. The molecule has 21 heavy (non-hydrogen) atoms. The molecule has 2 aromatic rings. The fourth-order valence-electron chi connectivity index (χ4n) is 3.37. The molecule has 0 saturated heterocycles. The fourth-order valence-corrected chi connectivity index (χ4v) is 3.37. The first kappa shape index (κ1) is 12.6. The van der Waals surface area contributed by atoms with Crippen LogP contribution < -0.4 is 5.32 Å². The van der Waals surface area contributed by atoms with E-state index in [0.717, 1.165) is 35.9 Å². The molecule has 1 heterocycles. The van der Waals surface area contributed by atoms with Crippen LogP contribution in [0.4, 0.5) is 5.69 Å². The number of benzene rings is 1. The van der Waals surface area contributed by atoms with Crippen molar-refractivity contribution < 1.29 is 4.79 Å². The third-order valence-electron chi connectivity index (χ3n) is 4.65. The zero-order valence-corrected chi connectivity index (χ0v) is 11.8. The Morgan fingerprint density at radius 1 is 1.19 bits per heavy atom. The number of fused-ring (bicyclic) bond motifs is 1. The summed E-state index contributed by atoms with van der Waals surface area (Å²) in [6.45, 7) is 0.695. The van der Waals surface area contributed by atoms with E-state index < -0.39 is 0 Å². The Balaban J connectivity index is 1.36. The molecule has 4 rings (SSSR count). The van der Waals surface area contributed by atoms with Crippen molar-refractivity contribution in [3.05, 3.63) is 42.5 Å². The van der Waals surface area contributed by atoms with Crippen LogP contribution in [-0.2, 0) is 11.3 Å². The fraction of sp³-hybridized carbons (Fsp3) is 0.438. The second-order valence-corrected chi connectivity index (χ2v) is 6.20. The summed E-state index contributed by atoms with van der Waals surface area (Å²) < 4.78 is 1.78. The molecule has 0 aliphatic heterocycles. The van der Waals surface area contributed by atoms with Gasteiger partial charge in [0.15, 0.2) is 0 Å². The van der Waals surface area contributed by atoms with Crippen molar-refractivity contribution in [2.24, 2.45) is 17.8 Å². The highest BCUT2D eigenvalue weighted by atomic mass is 16.1. The van der Waals surface area contributed by atoms with Crippen molar-refractivity contribution in [2.75, 3.05) is 5.32 Å². The lowest BCUT2D eigenvalue weighted by Crippen LogP contribution is -2.21. The van der Waals surface area contributed by atoms with Gasteiger partial charge in [0.1, 0.15) is 12.7 Å². The van der Waals surface area contributed by atoms with E-state index in [2.05, 4.69) is 15.4 Å². The summed E-state index contributed by atoms with van der Waals surface area (Å²) >= 11 is 0. The normalized spacial score (nSPS) is 26.4. The van der Waals surface area contributed by atoms with Crippen molar-refractivity contribution in [3.8, 4) is 0 Å². The predicted octanol–water partition coefficient (Wildman–Crippen LogP) is 2.31. The van der Waals surface area contributed by atoms with Gasteiger partial charge in [-0.2, -0.15) is 5.10 Å². The molecule has 108 valence electrons. The number of nitrogens with zero attached hydrogens (tertiary/aromatic N) is 3. The van der Waals surface area contributed by atoms with E-state index in [1.165, 1.54) is 12.7 Å². The maximum absolute atomic E-state index is 12.2. The maximum Gasteiger partial charge on any atom is 0.227 e. The number of nitrogens with one attached hydrogen (secondary N) is 1. The lowest BCUT2D eigenvalue weighted by atomic mass is 10.0. The number of rotatable bonds is 4. The third-order valence-corrected chi connectivity index (χ3v) is 4.65. The average molecular weight is 282 g/mol. The van der Waals surface area contributed by atoms with Crippen LogP contribution in [-0.4, -0.2) is 20.7 Å². The lowest BCUT2D eigenvalue weighted by molar-refractivity contribution is -0.120. The summed E-state index contributed by atoms with van der Waals surface area (Å²) in [6.07, 6.45) is 6.74. The summed E-state index contributed by atoms with van der Waals surface area (Å²) in [5.41, 5.74) is 2.02. The summed E-state index contributed by atoms with van der Waals surface area (Å²) in [7, 11) is 0. The largest absolute Gasteiger partial charge is 0.326 e. The van der Waals surface area contributed by atoms with Crippen molar-refractivity contribution in [3.63, 3.8) is 0 Å². The lowest BCUT2D eigenvalue weighted by Gasteiger charge is -2.12. The maximum atomic E-state index is 12.2. The van der Waals surface area contributed by atoms with Crippen molar-refractivity contribution in [1.82, 2.24) is 14.8 Å². The molecule has 1 aromatic carbocycles. The molecule has 5 heteroatoms. The zero-order valence-electron chi connectivity index (χ0n) is 11.8. The Labute approximate surface area is 123 Å². The second kappa shape index (κ2) is 4.98. The first-order valence-electron chi connectivity index (χ1n) is 7.50. The van der Waals surface area contributed by atoms with Crippen molar-refractivity contribution in [1.29, 1.82) is 0 Å². The number of amides is 1. The van der Waals surface area contributed by atoms with E-state index in [-0.39, 0.29) is 11.8 Å². The second-order valence-electron chi connectivity index (χ2n) is 6.20. The number of carbonyl (C=O) groups excluding carboxylic acids is 1. The number of hydrogen-bond acceptors (Lipinski definition) is 3. The van der Waals surface area contributed by atoms with Gasteiger partial charge in [0.25, 0.3) is 0 Å². The summed E-state index contributed by atoms with van der Waals surface area (Å²) in [6, 6.07) is 7.95. The molecule has 1 N–H and O–H groups in total. The van der Waals surface area contributed by atoms with E-state index in [9.17, 15) is 4.79 Å². The van der Waals surface area contributed by atoms with Crippen LogP contribution in [0.1, 0.15) is 24.8 Å². The zero-order chi connectivity index (χ0) is 14.2. The van der Waals surface area contributed by atoms with Gasteiger partial charge >= 0.3 is 0 Å². The van der Waals surface area contributed by atoms with Crippen LogP contribution in [0.2, 0.25) is 0 Å². The Morgan fingerprint density at radius 3 is 2.62 bits per heavy atom. The van der Waals surface area contributed by atoms with Crippen LogP contribution in [0.25, 0.3) is 0 Å². The molecular weight excluding hydrogens is 264 g/mol. The molecule has 0 radical (unpaired) electrons. The molecule has 1 amide bonds. The van der Waals surface area contributed by atoms with Gasteiger partial charge in [0, 0.05) is 11.6 Å². The van der Waals surface area contributed by atoms with E-state index in [4.69, 9.17) is 0 Å². The van der Waals surface area contributed by atoms with Crippen LogP contribution in [0.3, 0.4) is 0 Å². The molecule has 2 fully saturated rings. The highest BCUT2D eigenvalue weighted by Gasteiger charge is 2.47. The standard InChI is InChI=1S/C16H18N4O/c21-16(14-6-12-5-13(12)7-14)19-15-3-1-11(2-4-15)8-20-10-17-9-18-20/h1-4,9-10,12-14H,5-8H2,(H,19,21). The van der Waals surface area contributed by atoms with E-state index >= 15 is 0 Å². The van der Waals surface area contributed by atoms with Gasteiger partial charge in [0.2, 0.25) is 5.91 Å². The minimum Gasteiger partial charge on any atom is -0.326 e. The first-order valence-corrected chi connectivity index (χ1v) is 7.50. The predicted molar refractivity (Wildman–Crippen MR) is 78.5 cm³/mol. The van der Waals surface area contributed by atoms with Gasteiger partial charge in [-0.05, 0) is 48.8 Å². The molecule has 2 unspecified atom stereocenters. The van der Waals surface area contributed by atoms with Gasteiger partial charge in [-0.15, -0.1) is 0 Å². The molecule has 2 saturated carbocycles. The average Bonchev–Trinajstić information content (AvgIpc) is 2.92. The van der Waals surface area contributed by atoms with Gasteiger partial charge in [-0.25, -0.2) is 9.67 Å². The molecule has 5 nitrogen and oxygen atoms in total.